The molecule has 0 aromatic carbocycles. The van der Waals surface area contributed by atoms with E-state index >= 15 is 0 Å². The minimum atomic E-state index is -1.06. The molecule has 0 radical (unpaired) electrons. The van der Waals surface area contributed by atoms with Crippen LogP contribution in [0.4, 0.5) is 0 Å². The summed E-state index contributed by atoms with van der Waals surface area (Å²) in [5.74, 6) is -1.49. The molecule has 17 heavy (non-hydrogen) atoms. The molecule has 0 fully saturated rings. The average Bonchev–Trinajstić information content (AvgIpc) is 2.57. The zero-order valence-electron chi connectivity index (χ0n) is 9.17. The van der Waals surface area contributed by atoms with Gasteiger partial charge in [-0.1, -0.05) is 30.1 Å². The maximum Gasteiger partial charge on any atom is 0.323 e. The van der Waals surface area contributed by atoms with Crippen molar-refractivity contribution in [3.8, 4) is 0 Å². The Bertz CT molecular complexity index is 412. The lowest BCUT2D eigenvalue weighted by molar-refractivity contribution is -0.137. The highest BCUT2D eigenvalue weighted by atomic mass is 35.5. The maximum atomic E-state index is 11.9. The van der Waals surface area contributed by atoms with Crippen LogP contribution in [0.5, 0.6) is 0 Å². The summed E-state index contributed by atoms with van der Waals surface area (Å²) in [5, 5.41) is 9.12. The molecular weight excluding hydrogens is 267 g/mol. The van der Waals surface area contributed by atoms with Gasteiger partial charge >= 0.3 is 5.97 Å². The summed E-state index contributed by atoms with van der Waals surface area (Å²) in [5.41, 5.74) is 0.190. The number of carboxylic acids is 1. The van der Waals surface area contributed by atoms with E-state index < -0.39 is 11.9 Å². The van der Waals surface area contributed by atoms with Gasteiger partial charge in [0.05, 0.1) is 5.02 Å². The Balaban J connectivity index is 2.87. The summed E-state index contributed by atoms with van der Waals surface area (Å²) in [6.07, 6.45) is 0.668. The number of aromatic nitrogens is 1. The molecule has 0 unspecified atom stereocenters. The molecular formula is C10H12Cl2N2O3. The molecule has 1 amide bonds. The highest BCUT2D eigenvalue weighted by Crippen LogP contribution is 2.22. The molecule has 7 heteroatoms. The first-order chi connectivity index (χ1) is 7.95. The van der Waals surface area contributed by atoms with E-state index in [1.54, 1.807) is 0 Å². The van der Waals surface area contributed by atoms with Crippen LogP contribution in [-0.2, 0) is 4.79 Å². The number of carboxylic acid groups (broad SMARTS) is 1. The molecule has 2 N–H and O–H groups in total. The van der Waals surface area contributed by atoms with Gasteiger partial charge in [-0.25, -0.2) is 0 Å². The number of carbonyl (C=O) groups excluding carboxylic acids is 1. The number of hydrogen-bond donors (Lipinski definition) is 2. The first kappa shape index (κ1) is 13.9. The molecule has 1 heterocycles. The number of hydrogen-bond acceptors (Lipinski definition) is 2. The fourth-order valence-corrected chi connectivity index (χ4v) is 1.69. The largest absolute Gasteiger partial charge is 0.480 e. The van der Waals surface area contributed by atoms with Crippen LogP contribution in [0.3, 0.4) is 0 Å². The molecule has 0 aliphatic heterocycles. The van der Waals surface area contributed by atoms with Gasteiger partial charge in [0, 0.05) is 6.54 Å². The molecule has 0 spiro atoms. The van der Waals surface area contributed by atoms with Crippen molar-refractivity contribution in [2.75, 3.05) is 13.1 Å². The Labute approximate surface area is 108 Å². The standard InChI is InChI=1S/C10H12Cl2N2O3/c1-2-3-14(5-8(15)16)10(17)7-4-6(11)9(12)13-7/h4,13H,2-3,5H2,1H3,(H,15,16). The van der Waals surface area contributed by atoms with Crippen LogP contribution in [0.1, 0.15) is 23.8 Å². The van der Waals surface area contributed by atoms with Gasteiger partial charge in [-0.05, 0) is 12.5 Å². The van der Waals surface area contributed by atoms with Gasteiger partial charge in [-0.3, -0.25) is 9.59 Å². The predicted molar refractivity (Wildman–Crippen MR) is 64.6 cm³/mol. The number of aromatic amines is 1. The molecule has 1 aromatic heterocycles. The zero-order valence-corrected chi connectivity index (χ0v) is 10.7. The van der Waals surface area contributed by atoms with Crippen LogP contribution >= 0.6 is 23.2 Å². The number of nitrogens with one attached hydrogen (secondary N) is 1. The summed E-state index contributed by atoms with van der Waals surface area (Å²) in [7, 11) is 0. The van der Waals surface area contributed by atoms with Crippen LogP contribution in [0.25, 0.3) is 0 Å². The molecule has 0 saturated heterocycles. The number of carbonyl (C=O) groups is 2. The molecule has 5 nitrogen and oxygen atoms in total. The second-order valence-corrected chi connectivity index (χ2v) is 4.25. The number of rotatable bonds is 5. The number of H-pyrrole nitrogens is 1. The van der Waals surface area contributed by atoms with E-state index in [0.29, 0.717) is 13.0 Å². The minimum Gasteiger partial charge on any atom is -0.480 e. The summed E-state index contributed by atoms with van der Waals surface area (Å²) in [4.78, 5) is 26.4. The van der Waals surface area contributed by atoms with E-state index in [2.05, 4.69) is 4.98 Å². The van der Waals surface area contributed by atoms with Crippen molar-refractivity contribution in [2.45, 2.75) is 13.3 Å². The van der Waals surface area contributed by atoms with Crippen LogP contribution in [0.2, 0.25) is 10.2 Å². The predicted octanol–water partition coefficient (Wildman–Crippen LogP) is 2.26. The average molecular weight is 279 g/mol. The zero-order chi connectivity index (χ0) is 13.0. The fourth-order valence-electron chi connectivity index (χ4n) is 1.38. The van der Waals surface area contributed by atoms with E-state index in [0.717, 1.165) is 0 Å². The highest BCUT2D eigenvalue weighted by Gasteiger charge is 2.20. The lowest BCUT2D eigenvalue weighted by Crippen LogP contribution is -2.36. The lowest BCUT2D eigenvalue weighted by atomic mass is 10.3. The summed E-state index contributed by atoms with van der Waals surface area (Å²) >= 11 is 11.4. The maximum absolute atomic E-state index is 11.9. The van der Waals surface area contributed by atoms with E-state index in [9.17, 15) is 9.59 Å². The monoisotopic (exact) mass is 278 g/mol. The molecule has 94 valence electrons. The lowest BCUT2D eigenvalue weighted by Gasteiger charge is -2.18. The van der Waals surface area contributed by atoms with Gasteiger partial charge in [0.25, 0.3) is 5.91 Å². The number of halogens is 2. The van der Waals surface area contributed by atoms with Crippen molar-refractivity contribution < 1.29 is 14.7 Å². The van der Waals surface area contributed by atoms with E-state index in [1.807, 2.05) is 6.92 Å². The van der Waals surface area contributed by atoms with Crippen LogP contribution in [0.15, 0.2) is 6.07 Å². The third kappa shape index (κ3) is 3.64. The molecule has 0 aliphatic rings. The molecule has 0 saturated carbocycles. The normalized spacial score (nSPS) is 10.3. The number of nitrogens with zero attached hydrogens (tertiary/aromatic N) is 1. The molecule has 1 rings (SSSR count). The Morgan fingerprint density at radius 2 is 2.12 bits per heavy atom. The molecule has 0 aliphatic carbocycles. The van der Waals surface area contributed by atoms with Gasteiger partial charge in [-0.15, -0.1) is 0 Å². The minimum absolute atomic E-state index is 0.168. The van der Waals surface area contributed by atoms with Gasteiger partial charge < -0.3 is 15.0 Å². The first-order valence-electron chi connectivity index (χ1n) is 5.00. The molecule has 1 aromatic rings. The van der Waals surface area contributed by atoms with E-state index in [1.165, 1.54) is 11.0 Å². The van der Waals surface area contributed by atoms with Crippen molar-refractivity contribution in [1.82, 2.24) is 9.88 Å². The van der Waals surface area contributed by atoms with Crippen molar-refractivity contribution >= 4 is 35.1 Å². The van der Waals surface area contributed by atoms with Crippen LogP contribution in [0, 0.1) is 0 Å². The third-order valence-corrected chi connectivity index (χ3v) is 2.76. The topological polar surface area (TPSA) is 73.4 Å². The van der Waals surface area contributed by atoms with Gasteiger partial charge in [0.1, 0.15) is 17.4 Å². The Hall–Kier alpha value is -1.20. The van der Waals surface area contributed by atoms with Gasteiger partial charge in [0.15, 0.2) is 0 Å². The molecule has 0 bridgehead atoms. The SMILES string of the molecule is CCCN(CC(=O)O)C(=O)c1cc(Cl)c(Cl)[nH]1. The summed E-state index contributed by atoms with van der Waals surface area (Å²) in [6, 6.07) is 1.39. The first-order valence-corrected chi connectivity index (χ1v) is 5.76. The highest BCUT2D eigenvalue weighted by molar-refractivity contribution is 6.41. The van der Waals surface area contributed by atoms with Crippen molar-refractivity contribution in [3.63, 3.8) is 0 Å². The molecule has 0 atom stereocenters. The second kappa shape index (κ2) is 5.93. The fraction of sp³-hybridized carbons (Fsp3) is 0.400. The third-order valence-electron chi connectivity index (χ3n) is 2.06. The Kier molecular flexibility index (Phi) is 4.84. The smallest absolute Gasteiger partial charge is 0.323 e. The van der Waals surface area contributed by atoms with E-state index in [-0.39, 0.29) is 22.4 Å². The van der Waals surface area contributed by atoms with Crippen LogP contribution < -0.4 is 0 Å². The van der Waals surface area contributed by atoms with Crippen molar-refractivity contribution in [3.05, 3.63) is 21.9 Å². The van der Waals surface area contributed by atoms with Crippen LogP contribution in [-0.4, -0.2) is 40.0 Å². The Morgan fingerprint density at radius 3 is 2.53 bits per heavy atom. The summed E-state index contributed by atoms with van der Waals surface area (Å²) < 4.78 is 0. The second-order valence-electron chi connectivity index (χ2n) is 3.47. The number of aliphatic carboxylic acids is 1. The quantitative estimate of drug-likeness (QED) is 0.868. The van der Waals surface area contributed by atoms with Gasteiger partial charge in [-0.2, -0.15) is 0 Å². The van der Waals surface area contributed by atoms with Gasteiger partial charge in [0.2, 0.25) is 0 Å². The Morgan fingerprint density at radius 1 is 1.47 bits per heavy atom. The number of amides is 1. The van der Waals surface area contributed by atoms with Crippen molar-refractivity contribution in [1.29, 1.82) is 0 Å². The van der Waals surface area contributed by atoms with E-state index in [4.69, 9.17) is 28.3 Å². The summed E-state index contributed by atoms with van der Waals surface area (Å²) in [6.45, 7) is 1.87. The van der Waals surface area contributed by atoms with Crippen molar-refractivity contribution in [2.24, 2.45) is 0 Å².